The van der Waals surface area contributed by atoms with Crippen molar-refractivity contribution < 1.29 is 8.83 Å². The van der Waals surface area contributed by atoms with E-state index in [1.807, 2.05) is 42.5 Å². The van der Waals surface area contributed by atoms with E-state index in [0.29, 0.717) is 5.89 Å². The summed E-state index contributed by atoms with van der Waals surface area (Å²) in [7, 11) is 0. The molecule has 0 saturated carbocycles. The van der Waals surface area contributed by atoms with Gasteiger partial charge in [-0.25, -0.2) is 4.98 Å². The fourth-order valence-corrected chi connectivity index (χ4v) is 9.95. The van der Waals surface area contributed by atoms with Crippen LogP contribution in [0, 0.1) is 0 Å². The first kappa shape index (κ1) is 38.5. The third-order valence-electron chi connectivity index (χ3n) is 13.1. The Morgan fingerprint density at radius 3 is 1.67 bits per heavy atom. The first-order valence-electron chi connectivity index (χ1n) is 22.7. The van der Waals surface area contributed by atoms with Crippen LogP contribution in [0.3, 0.4) is 0 Å². The van der Waals surface area contributed by atoms with Gasteiger partial charge in [0.15, 0.2) is 5.58 Å². The maximum atomic E-state index is 6.47. The first-order chi connectivity index (χ1) is 33.2. The maximum Gasteiger partial charge on any atom is 0.227 e. The van der Waals surface area contributed by atoms with Crippen LogP contribution in [0.5, 0.6) is 0 Å². The van der Waals surface area contributed by atoms with E-state index in [1.165, 1.54) is 32.7 Å². The molecular weight excluding hydrogens is 817 g/mol. The predicted molar refractivity (Wildman–Crippen MR) is 278 cm³/mol. The molecule has 0 bridgehead atoms. The smallest absolute Gasteiger partial charge is 0.227 e. The summed E-state index contributed by atoms with van der Waals surface area (Å²) in [5.74, 6) is 0.589. The summed E-state index contributed by atoms with van der Waals surface area (Å²) in [6.45, 7) is 0. The molecule has 0 saturated heterocycles. The van der Waals surface area contributed by atoms with Crippen molar-refractivity contribution in [3.8, 4) is 56.0 Å². The van der Waals surface area contributed by atoms with Gasteiger partial charge in [-0.2, -0.15) is 0 Å². The van der Waals surface area contributed by atoms with E-state index in [1.54, 1.807) is 0 Å². The Balaban J connectivity index is 0.985. The summed E-state index contributed by atoms with van der Waals surface area (Å²) in [6.07, 6.45) is 0. The lowest BCUT2D eigenvalue weighted by Crippen LogP contribution is -2.11. The van der Waals surface area contributed by atoms with Crippen LogP contribution < -0.4 is 4.90 Å². The standard InChI is InChI=1S/C63H40N2O2/c1-4-16-41(17-5-1)51-24-14-15-27-57(51)65(47-31-28-43(29-32-47)54-38-45-22-10-11-23-49(45)52-25-12-13-26-53(52)54)48-33-34-50(55(40-48)42-18-6-2-7-19-42)46-30-35-58-56(39-46)61-59(66-58)36-37-60-62(61)64-63(67-60)44-20-8-3-9-21-44/h1-40H. The number of benzene rings is 11. The fraction of sp³-hybridized carbons (Fsp3) is 0. The molecule has 0 fully saturated rings. The van der Waals surface area contributed by atoms with Gasteiger partial charge in [0.25, 0.3) is 0 Å². The van der Waals surface area contributed by atoms with E-state index in [9.17, 15) is 0 Å². The highest BCUT2D eigenvalue weighted by atomic mass is 16.4. The molecule has 13 rings (SSSR count). The molecule has 0 N–H and O–H groups in total. The van der Waals surface area contributed by atoms with Crippen LogP contribution >= 0.6 is 0 Å². The summed E-state index contributed by atoms with van der Waals surface area (Å²) in [4.78, 5) is 7.44. The van der Waals surface area contributed by atoms with Gasteiger partial charge in [-0.1, -0.05) is 170 Å². The highest BCUT2D eigenvalue weighted by Crippen LogP contribution is 2.46. The van der Waals surface area contributed by atoms with Crippen LogP contribution in [-0.2, 0) is 0 Å². The van der Waals surface area contributed by atoms with Gasteiger partial charge in [0.1, 0.15) is 16.7 Å². The zero-order valence-electron chi connectivity index (χ0n) is 36.3. The SMILES string of the molecule is c1ccc(-c2nc3c(ccc4oc5ccc(-c6ccc(N(c7ccc(-c8cc9ccccc9c9ccccc89)cc7)c7ccccc7-c7ccccc7)cc6-c6ccccc6)cc5c43)o2)cc1. The maximum absolute atomic E-state index is 6.47. The molecule has 4 nitrogen and oxygen atoms in total. The number of oxazole rings is 1. The number of hydrogen-bond acceptors (Lipinski definition) is 4. The molecule has 11 aromatic carbocycles. The molecule has 67 heavy (non-hydrogen) atoms. The van der Waals surface area contributed by atoms with Crippen molar-refractivity contribution in [1.82, 2.24) is 4.98 Å². The number of rotatable bonds is 8. The minimum Gasteiger partial charge on any atom is -0.456 e. The van der Waals surface area contributed by atoms with Crippen LogP contribution in [0.4, 0.5) is 17.1 Å². The molecule has 2 heterocycles. The molecule has 0 spiro atoms. The van der Waals surface area contributed by atoms with Crippen LogP contribution in [-0.4, -0.2) is 4.98 Å². The summed E-state index contributed by atoms with van der Waals surface area (Å²) in [5, 5.41) is 6.94. The Morgan fingerprint density at radius 2 is 0.896 bits per heavy atom. The number of nitrogens with zero attached hydrogens (tertiary/aromatic N) is 2. The Labute approximate surface area is 387 Å². The number of fused-ring (bicyclic) bond motifs is 8. The van der Waals surface area contributed by atoms with E-state index < -0.39 is 0 Å². The zero-order chi connectivity index (χ0) is 44.3. The summed E-state index contributed by atoms with van der Waals surface area (Å²) < 4.78 is 12.8. The highest BCUT2D eigenvalue weighted by Gasteiger charge is 2.22. The summed E-state index contributed by atoms with van der Waals surface area (Å²) >= 11 is 0. The predicted octanol–water partition coefficient (Wildman–Crippen LogP) is 17.8. The van der Waals surface area contributed by atoms with E-state index >= 15 is 0 Å². The van der Waals surface area contributed by atoms with Gasteiger partial charge in [0.05, 0.1) is 11.1 Å². The number of hydrogen-bond donors (Lipinski definition) is 0. The second-order valence-corrected chi connectivity index (χ2v) is 17.0. The summed E-state index contributed by atoms with van der Waals surface area (Å²) in [6, 6.07) is 86.3. The van der Waals surface area contributed by atoms with Crippen molar-refractivity contribution in [3.05, 3.63) is 243 Å². The lowest BCUT2D eigenvalue weighted by molar-refractivity contribution is 0.619. The number of para-hydroxylation sites is 1. The van der Waals surface area contributed by atoms with Crippen LogP contribution in [0.1, 0.15) is 0 Å². The molecule has 13 aromatic rings. The quantitative estimate of drug-likeness (QED) is 0.143. The molecular formula is C63H40N2O2. The molecule has 0 aliphatic carbocycles. The molecule has 0 unspecified atom stereocenters. The van der Waals surface area contributed by atoms with E-state index in [0.717, 1.165) is 89.0 Å². The second-order valence-electron chi connectivity index (χ2n) is 17.0. The Morgan fingerprint density at radius 1 is 0.313 bits per heavy atom. The van der Waals surface area contributed by atoms with Crippen molar-refractivity contribution in [2.24, 2.45) is 0 Å². The monoisotopic (exact) mass is 856 g/mol. The number of anilines is 3. The highest BCUT2D eigenvalue weighted by molar-refractivity contribution is 6.18. The van der Waals surface area contributed by atoms with Crippen LogP contribution in [0.25, 0.3) is 111 Å². The molecule has 0 aliphatic heterocycles. The third-order valence-corrected chi connectivity index (χ3v) is 13.1. The molecule has 0 radical (unpaired) electrons. The molecule has 0 amide bonds. The van der Waals surface area contributed by atoms with Gasteiger partial charge in [-0.05, 0) is 133 Å². The number of furan rings is 1. The average Bonchev–Trinajstić information content (AvgIpc) is 4.01. The Bertz CT molecular complexity index is 3970. The van der Waals surface area contributed by atoms with Gasteiger partial charge < -0.3 is 13.7 Å². The van der Waals surface area contributed by atoms with Gasteiger partial charge in [0, 0.05) is 27.9 Å². The molecule has 4 heteroatoms. The minimum absolute atomic E-state index is 0.589. The lowest BCUT2D eigenvalue weighted by atomic mass is 9.92. The number of aromatic nitrogens is 1. The normalized spacial score (nSPS) is 11.6. The van der Waals surface area contributed by atoms with Gasteiger partial charge in [-0.15, -0.1) is 0 Å². The molecule has 314 valence electrons. The second kappa shape index (κ2) is 15.9. The largest absolute Gasteiger partial charge is 0.456 e. The van der Waals surface area contributed by atoms with Gasteiger partial charge in [-0.3, -0.25) is 0 Å². The fourth-order valence-electron chi connectivity index (χ4n) is 9.95. The van der Waals surface area contributed by atoms with Crippen molar-refractivity contribution >= 4 is 71.6 Å². The molecule has 0 atom stereocenters. The molecule has 0 aliphatic rings. The van der Waals surface area contributed by atoms with E-state index in [-0.39, 0.29) is 0 Å². The van der Waals surface area contributed by atoms with E-state index in [4.69, 9.17) is 13.8 Å². The first-order valence-corrected chi connectivity index (χ1v) is 22.7. The van der Waals surface area contributed by atoms with E-state index in [2.05, 4.69) is 205 Å². The van der Waals surface area contributed by atoms with Crippen molar-refractivity contribution in [2.75, 3.05) is 4.90 Å². The topological polar surface area (TPSA) is 42.4 Å². The van der Waals surface area contributed by atoms with Crippen LogP contribution in [0.15, 0.2) is 251 Å². The zero-order valence-corrected chi connectivity index (χ0v) is 36.3. The van der Waals surface area contributed by atoms with Crippen molar-refractivity contribution in [3.63, 3.8) is 0 Å². The lowest BCUT2D eigenvalue weighted by Gasteiger charge is -2.29. The Hall–Kier alpha value is -8.99. The summed E-state index contributed by atoms with van der Waals surface area (Å²) in [5.41, 5.74) is 16.3. The third kappa shape index (κ3) is 6.65. The van der Waals surface area contributed by atoms with Gasteiger partial charge >= 0.3 is 0 Å². The molecule has 2 aromatic heterocycles. The Kier molecular flexibility index (Phi) is 9.14. The minimum atomic E-state index is 0.589. The van der Waals surface area contributed by atoms with Gasteiger partial charge in [0.2, 0.25) is 5.89 Å². The average molecular weight is 857 g/mol. The van der Waals surface area contributed by atoms with Crippen molar-refractivity contribution in [1.29, 1.82) is 0 Å². The van der Waals surface area contributed by atoms with Crippen molar-refractivity contribution in [2.45, 2.75) is 0 Å². The van der Waals surface area contributed by atoms with Crippen LogP contribution in [0.2, 0.25) is 0 Å².